The molecule has 0 saturated heterocycles. The summed E-state index contributed by atoms with van der Waals surface area (Å²) in [5, 5.41) is 13.3. The molecule has 19 heavy (non-hydrogen) atoms. The van der Waals surface area contributed by atoms with Gasteiger partial charge < -0.3 is 5.11 Å². The van der Waals surface area contributed by atoms with Crippen molar-refractivity contribution in [1.82, 2.24) is 14.6 Å². The molecule has 1 N–H and O–H groups in total. The number of halogens is 1. The maximum Gasteiger partial charge on any atom is 0.356 e. The van der Waals surface area contributed by atoms with Crippen LogP contribution >= 0.6 is 15.9 Å². The topological polar surface area (TPSA) is 67.5 Å². The Morgan fingerprint density at radius 3 is 2.74 bits per heavy atom. The minimum absolute atomic E-state index is 0.0169. The summed E-state index contributed by atoms with van der Waals surface area (Å²) >= 11 is 3.47. The molecule has 0 fully saturated rings. The van der Waals surface area contributed by atoms with Gasteiger partial charge in [0.15, 0.2) is 11.3 Å². The first-order chi connectivity index (χ1) is 9.15. The Hall–Kier alpha value is -2.21. The van der Waals surface area contributed by atoms with Crippen molar-refractivity contribution in [2.75, 3.05) is 0 Å². The Kier molecular flexibility index (Phi) is 2.79. The summed E-state index contributed by atoms with van der Waals surface area (Å²) in [6.45, 7) is 0. The summed E-state index contributed by atoms with van der Waals surface area (Å²) in [7, 11) is 0. The fourth-order valence-electron chi connectivity index (χ4n) is 1.80. The summed E-state index contributed by atoms with van der Waals surface area (Å²) in [5.74, 6) is -1.06. The number of hydrogen-bond acceptors (Lipinski definition) is 3. The number of aromatic carboxylic acids is 1. The van der Waals surface area contributed by atoms with Gasteiger partial charge in [-0.15, -0.1) is 0 Å². The highest BCUT2D eigenvalue weighted by atomic mass is 79.9. The molecule has 3 rings (SSSR count). The molecule has 1 aromatic carbocycles. The maximum absolute atomic E-state index is 10.9. The second kappa shape index (κ2) is 4.47. The molecule has 6 heteroatoms. The van der Waals surface area contributed by atoms with Crippen molar-refractivity contribution >= 4 is 27.5 Å². The van der Waals surface area contributed by atoms with E-state index in [9.17, 15) is 4.79 Å². The molecule has 5 nitrogen and oxygen atoms in total. The number of rotatable bonds is 2. The quantitative estimate of drug-likeness (QED) is 0.789. The number of nitrogens with zero attached hydrogens (tertiary/aromatic N) is 3. The lowest BCUT2D eigenvalue weighted by Gasteiger charge is -2.03. The van der Waals surface area contributed by atoms with E-state index >= 15 is 0 Å². The molecule has 0 atom stereocenters. The first-order valence-corrected chi connectivity index (χ1v) is 6.29. The van der Waals surface area contributed by atoms with Gasteiger partial charge >= 0.3 is 5.97 Å². The number of imidazole rings is 1. The van der Waals surface area contributed by atoms with E-state index in [-0.39, 0.29) is 5.69 Å². The normalized spacial score (nSPS) is 10.8. The van der Waals surface area contributed by atoms with E-state index < -0.39 is 5.97 Å². The second-order valence-corrected chi connectivity index (χ2v) is 4.79. The third-order valence-electron chi connectivity index (χ3n) is 2.69. The van der Waals surface area contributed by atoms with Crippen LogP contribution in [0.5, 0.6) is 0 Å². The molecule has 3 aromatic rings. The van der Waals surface area contributed by atoms with E-state index in [2.05, 4.69) is 26.0 Å². The van der Waals surface area contributed by atoms with E-state index in [1.807, 2.05) is 30.3 Å². The zero-order valence-corrected chi connectivity index (χ0v) is 11.2. The third-order valence-corrected chi connectivity index (χ3v) is 3.38. The monoisotopic (exact) mass is 317 g/mol. The van der Waals surface area contributed by atoms with Crippen LogP contribution in [0.3, 0.4) is 0 Å². The van der Waals surface area contributed by atoms with Crippen LogP contribution in [0.2, 0.25) is 0 Å². The molecule has 0 saturated carbocycles. The van der Waals surface area contributed by atoms with Crippen LogP contribution in [0.4, 0.5) is 0 Å². The van der Waals surface area contributed by atoms with E-state index in [0.29, 0.717) is 5.65 Å². The minimum atomic E-state index is -1.06. The van der Waals surface area contributed by atoms with Gasteiger partial charge in [0.25, 0.3) is 0 Å². The molecule has 0 bridgehead atoms. The summed E-state index contributed by atoms with van der Waals surface area (Å²) in [6.07, 6.45) is 1.40. The van der Waals surface area contributed by atoms with Crippen LogP contribution in [0.25, 0.3) is 16.9 Å². The van der Waals surface area contributed by atoms with Crippen LogP contribution in [0.1, 0.15) is 10.5 Å². The molecule has 0 aliphatic heterocycles. The second-order valence-electron chi connectivity index (χ2n) is 3.93. The minimum Gasteiger partial charge on any atom is -0.476 e. The van der Waals surface area contributed by atoms with Crippen molar-refractivity contribution in [1.29, 1.82) is 0 Å². The van der Waals surface area contributed by atoms with Crippen molar-refractivity contribution in [3.05, 3.63) is 52.8 Å². The van der Waals surface area contributed by atoms with Crippen LogP contribution in [-0.4, -0.2) is 25.7 Å². The molecule has 0 aliphatic rings. The lowest BCUT2D eigenvalue weighted by atomic mass is 10.1. The van der Waals surface area contributed by atoms with Gasteiger partial charge in [-0.2, -0.15) is 5.10 Å². The fourth-order valence-corrected chi connectivity index (χ4v) is 2.29. The van der Waals surface area contributed by atoms with Gasteiger partial charge in [0, 0.05) is 10.0 Å². The van der Waals surface area contributed by atoms with E-state index in [4.69, 9.17) is 5.11 Å². The molecule has 0 unspecified atom stereocenters. The Morgan fingerprint density at radius 1 is 1.21 bits per heavy atom. The molecular weight excluding hydrogens is 310 g/mol. The van der Waals surface area contributed by atoms with E-state index in [1.165, 1.54) is 10.7 Å². The van der Waals surface area contributed by atoms with Crippen molar-refractivity contribution in [3.8, 4) is 11.3 Å². The fraction of sp³-hybridized carbons (Fsp3) is 0. The van der Waals surface area contributed by atoms with Gasteiger partial charge in [0.2, 0.25) is 0 Å². The summed E-state index contributed by atoms with van der Waals surface area (Å²) in [6, 6.07) is 11.3. The molecule has 0 radical (unpaired) electrons. The first kappa shape index (κ1) is 11.9. The summed E-state index contributed by atoms with van der Waals surface area (Å²) < 4.78 is 2.40. The molecule has 0 aliphatic carbocycles. The van der Waals surface area contributed by atoms with E-state index in [0.717, 1.165) is 15.7 Å². The van der Waals surface area contributed by atoms with Crippen molar-refractivity contribution in [2.45, 2.75) is 0 Å². The lowest BCUT2D eigenvalue weighted by molar-refractivity contribution is 0.0691. The van der Waals surface area contributed by atoms with Gasteiger partial charge in [0.1, 0.15) is 0 Å². The third kappa shape index (κ3) is 2.10. The number of carbonyl (C=O) groups is 1. The van der Waals surface area contributed by atoms with Crippen LogP contribution in [0.15, 0.2) is 47.1 Å². The number of hydrogen-bond donors (Lipinski definition) is 1. The smallest absolute Gasteiger partial charge is 0.356 e. The number of fused-ring (bicyclic) bond motifs is 1. The number of aromatic nitrogens is 3. The summed E-state index contributed by atoms with van der Waals surface area (Å²) in [5.41, 5.74) is 2.18. The first-order valence-electron chi connectivity index (χ1n) is 5.50. The molecule has 0 amide bonds. The van der Waals surface area contributed by atoms with Crippen LogP contribution < -0.4 is 0 Å². The highest BCUT2D eigenvalue weighted by molar-refractivity contribution is 9.10. The van der Waals surface area contributed by atoms with Crippen molar-refractivity contribution in [3.63, 3.8) is 0 Å². The zero-order chi connectivity index (χ0) is 13.4. The Balaban J connectivity index is 2.16. The predicted molar refractivity (Wildman–Crippen MR) is 73.1 cm³/mol. The number of benzene rings is 1. The Morgan fingerprint density at radius 2 is 2.00 bits per heavy atom. The largest absolute Gasteiger partial charge is 0.476 e. The zero-order valence-electron chi connectivity index (χ0n) is 9.62. The van der Waals surface area contributed by atoms with Gasteiger partial charge in [0.05, 0.1) is 11.9 Å². The molecular formula is C13H8BrN3O2. The van der Waals surface area contributed by atoms with Crippen molar-refractivity contribution in [2.24, 2.45) is 0 Å². The average molecular weight is 318 g/mol. The average Bonchev–Trinajstić information content (AvgIpc) is 2.82. The lowest BCUT2D eigenvalue weighted by Crippen LogP contribution is -1.95. The SMILES string of the molecule is O=C(O)c1cn2nc(-c3ccccc3Br)ccc2n1. The molecule has 94 valence electrons. The van der Waals surface area contributed by atoms with Gasteiger partial charge in [-0.05, 0) is 18.2 Å². The standard InChI is InChI=1S/C13H8BrN3O2/c14-9-4-2-1-3-8(9)10-5-6-12-15-11(13(18)19)7-17(12)16-10/h1-7H,(H,18,19). The number of carboxylic acids is 1. The van der Waals surface area contributed by atoms with Gasteiger partial charge in [-0.3, -0.25) is 0 Å². The Labute approximate surface area is 116 Å². The maximum atomic E-state index is 10.9. The van der Waals surface area contributed by atoms with Crippen molar-refractivity contribution < 1.29 is 9.90 Å². The van der Waals surface area contributed by atoms with Gasteiger partial charge in [-0.1, -0.05) is 34.1 Å². The van der Waals surface area contributed by atoms with Crippen LogP contribution in [0, 0.1) is 0 Å². The van der Waals surface area contributed by atoms with E-state index in [1.54, 1.807) is 6.07 Å². The Bertz CT molecular complexity index is 782. The van der Waals surface area contributed by atoms with Gasteiger partial charge in [-0.25, -0.2) is 14.3 Å². The predicted octanol–water partition coefficient (Wildman–Crippen LogP) is 2.86. The molecule has 2 aromatic heterocycles. The highest BCUT2D eigenvalue weighted by Gasteiger charge is 2.11. The van der Waals surface area contributed by atoms with Crippen LogP contribution in [-0.2, 0) is 0 Å². The summed E-state index contributed by atoms with van der Waals surface area (Å²) in [4.78, 5) is 14.8. The molecule has 2 heterocycles. The number of carboxylic acid groups (broad SMARTS) is 1. The molecule has 0 spiro atoms. The highest BCUT2D eigenvalue weighted by Crippen LogP contribution is 2.26.